The van der Waals surface area contributed by atoms with Gasteiger partial charge in [0.15, 0.2) is 11.5 Å². The molecule has 0 unspecified atom stereocenters. The average molecular weight is 1130 g/mol. The quantitative estimate of drug-likeness (QED) is 0.0651. The van der Waals surface area contributed by atoms with Crippen molar-refractivity contribution in [2.24, 2.45) is 0 Å². The van der Waals surface area contributed by atoms with E-state index in [0.29, 0.717) is 69.5 Å². The minimum Gasteiger partial charge on any atom is -0.494 e. The van der Waals surface area contributed by atoms with Gasteiger partial charge in [0, 0.05) is 29.2 Å². The highest BCUT2D eigenvalue weighted by molar-refractivity contribution is 7.93. The molecule has 0 aliphatic carbocycles. The van der Waals surface area contributed by atoms with Crippen molar-refractivity contribution in [3.63, 3.8) is 0 Å². The summed E-state index contributed by atoms with van der Waals surface area (Å²) in [6.45, 7) is 19.7. The van der Waals surface area contributed by atoms with Crippen molar-refractivity contribution in [3.05, 3.63) is 72.2 Å². The van der Waals surface area contributed by atoms with Crippen molar-refractivity contribution < 1.29 is 64.3 Å². The molecule has 22 nitrogen and oxygen atoms in total. The van der Waals surface area contributed by atoms with Gasteiger partial charge in [-0.15, -0.1) is 20.4 Å². The molecule has 2 aromatic carbocycles. The number of para-hydroxylation sites is 2. The van der Waals surface area contributed by atoms with E-state index in [4.69, 9.17) is 37.3 Å². The molecule has 2 saturated heterocycles. The average Bonchev–Trinajstić information content (AvgIpc) is 4.19. The molecule has 2 N–H and O–H groups in total. The molecule has 26 heteroatoms. The van der Waals surface area contributed by atoms with Crippen LogP contribution in [-0.2, 0) is 29.5 Å². The van der Waals surface area contributed by atoms with Gasteiger partial charge in [-0.1, -0.05) is 51.4 Å². The van der Waals surface area contributed by atoms with Crippen LogP contribution in [-0.4, -0.2) is 162 Å². The number of hydrogen-bond donors (Lipinski definition) is 2. The highest BCUT2D eigenvalue weighted by atomic mass is 32.2. The standard InChI is InChI=1S/2C25H36N4O7SSi/c2*1-17-11-12-21(36-17)23-26-27-24(29(23)22-19(33-3)9-8-10-20(22)34-4)28(13-14-38(5,6)7)37(31,32)18(2)25(30)15-35-16-25/h2*8-12,18,30H,13-16H2,1-7H3/t2*18-/m10/s1. The zero-order valence-electron chi connectivity index (χ0n) is 45.8. The minimum absolute atomic E-state index is 0.0470. The molecular formula is C50H72N8O14S2Si2. The van der Waals surface area contributed by atoms with Crippen LogP contribution in [0.15, 0.2) is 69.5 Å². The van der Waals surface area contributed by atoms with Gasteiger partial charge < -0.3 is 47.5 Å². The van der Waals surface area contributed by atoms with E-state index in [2.05, 4.69) is 59.7 Å². The van der Waals surface area contributed by atoms with Crippen molar-refractivity contribution in [1.82, 2.24) is 29.5 Å². The third kappa shape index (κ3) is 11.7. The van der Waals surface area contributed by atoms with Gasteiger partial charge in [0.2, 0.25) is 43.6 Å². The lowest BCUT2D eigenvalue weighted by atomic mass is 9.99. The predicted octanol–water partition coefficient (Wildman–Crippen LogP) is 6.95. The molecule has 4 aromatic heterocycles. The number of aryl methyl sites for hydroxylation is 2. The number of benzene rings is 2. The molecule has 6 aromatic rings. The topological polar surface area (TPSA) is 258 Å². The first kappa shape index (κ1) is 57.9. The summed E-state index contributed by atoms with van der Waals surface area (Å²) in [5.74, 6) is 4.48. The van der Waals surface area contributed by atoms with Gasteiger partial charge >= 0.3 is 0 Å². The van der Waals surface area contributed by atoms with Crippen LogP contribution in [0.5, 0.6) is 23.0 Å². The Morgan fingerprint density at radius 3 is 1.12 bits per heavy atom. The predicted molar refractivity (Wildman–Crippen MR) is 293 cm³/mol. The summed E-state index contributed by atoms with van der Waals surface area (Å²) < 4.78 is 107. The Balaban J connectivity index is 0.000000221. The first-order valence-corrected chi connectivity index (χ1v) is 35.2. The lowest BCUT2D eigenvalue weighted by molar-refractivity contribution is -0.176. The summed E-state index contributed by atoms with van der Waals surface area (Å²) in [6.07, 6.45) is 0. The lowest BCUT2D eigenvalue weighted by Gasteiger charge is -2.42. The van der Waals surface area contributed by atoms with Crippen molar-refractivity contribution >= 4 is 48.1 Å². The molecule has 0 spiro atoms. The largest absolute Gasteiger partial charge is 0.494 e. The number of aromatic nitrogens is 6. The molecule has 0 saturated carbocycles. The van der Waals surface area contributed by atoms with Gasteiger partial charge in [0.1, 0.15) is 67.6 Å². The molecule has 8 rings (SSSR count). The Morgan fingerprint density at radius 1 is 0.566 bits per heavy atom. The number of aliphatic hydroxyl groups is 2. The van der Waals surface area contributed by atoms with Gasteiger partial charge in [-0.2, -0.15) is 0 Å². The van der Waals surface area contributed by atoms with Crippen LogP contribution >= 0.6 is 0 Å². The fourth-order valence-electron chi connectivity index (χ4n) is 8.40. The summed E-state index contributed by atoms with van der Waals surface area (Å²) in [5.41, 5.74) is -2.14. The van der Waals surface area contributed by atoms with Crippen LogP contribution in [0, 0.1) is 13.8 Å². The molecule has 2 aliphatic rings. The van der Waals surface area contributed by atoms with Crippen molar-refractivity contribution in [2.45, 2.75) is 101 Å². The number of ether oxygens (including phenoxy) is 6. The van der Waals surface area contributed by atoms with E-state index in [1.54, 1.807) is 69.8 Å². The van der Waals surface area contributed by atoms with Gasteiger partial charge in [-0.05, 0) is 88.3 Å². The minimum atomic E-state index is -4.14. The molecule has 0 radical (unpaired) electrons. The Hall–Kier alpha value is -5.75. The van der Waals surface area contributed by atoms with Crippen molar-refractivity contribution in [3.8, 4) is 57.5 Å². The van der Waals surface area contributed by atoms with Crippen LogP contribution in [0.4, 0.5) is 11.9 Å². The number of rotatable bonds is 22. The van der Waals surface area contributed by atoms with E-state index in [1.165, 1.54) is 50.9 Å². The molecule has 416 valence electrons. The zero-order valence-corrected chi connectivity index (χ0v) is 49.4. The Bertz CT molecular complexity index is 2950. The molecule has 76 heavy (non-hydrogen) atoms. The van der Waals surface area contributed by atoms with Crippen LogP contribution in [0.2, 0.25) is 51.4 Å². The number of hydrogen-bond acceptors (Lipinski definition) is 18. The summed E-state index contributed by atoms with van der Waals surface area (Å²) in [7, 11) is -5.62. The second-order valence-corrected chi connectivity index (χ2v) is 37.1. The number of furan rings is 2. The number of sulfonamides is 2. The summed E-state index contributed by atoms with van der Waals surface area (Å²) >= 11 is 0. The van der Waals surface area contributed by atoms with Crippen molar-refractivity contribution in [1.29, 1.82) is 0 Å². The second-order valence-electron chi connectivity index (χ2n) is 21.5. The number of nitrogens with zero attached hydrogens (tertiary/aromatic N) is 8. The summed E-state index contributed by atoms with van der Waals surface area (Å²) in [4.78, 5) is 0. The zero-order chi connectivity index (χ0) is 55.8. The maximum absolute atomic E-state index is 14.2. The third-order valence-electron chi connectivity index (χ3n) is 13.5. The number of anilines is 2. The van der Waals surface area contributed by atoms with Crippen LogP contribution in [0.25, 0.3) is 34.5 Å². The molecule has 6 heterocycles. The van der Waals surface area contributed by atoms with Gasteiger partial charge in [0.05, 0.1) is 54.9 Å². The SMILES string of the molecule is COc1cccc(OC)c1-n1c(-c2ccc(C)o2)nnc1N(CC[Si](C)(C)C)S(=O)(=O)[C@@H](C)C1(O)COC1.COc1cccc(OC)c1-n1c(-c2ccc(C)o2)nnc1N(CC[Si](C)(C)C)S(=O)(=O)[C@H](C)C1(O)COC1. The monoisotopic (exact) mass is 1130 g/mol. The van der Waals surface area contributed by atoms with E-state index in [1.807, 2.05) is 13.8 Å². The summed E-state index contributed by atoms with van der Waals surface area (Å²) in [6, 6.07) is 18.9. The third-order valence-corrected chi connectivity index (χ3v) is 21.5. The van der Waals surface area contributed by atoms with E-state index in [9.17, 15) is 27.0 Å². The first-order chi connectivity index (χ1) is 35.6. The van der Waals surface area contributed by atoms with E-state index in [-0.39, 0.29) is 63.1 Å². The van der Waals surface area contributed by atoms with Crippen LogP contribution in [0.1, 0.15) is 25.4 Å². The molecule has 2 fully saturated rings. The normalized spacial score (nSPS) is 16.1. The van der Waals surface area contributed by atoms with Crippen molar-refractivity contribution in [2.75, 3.05) is 76.6 Å². The maximum Gasteiger partial charge on any atom is 0.246 e. The first-order valence-electron chi connectivity index (χ1n) is 24.7. The molecule has 0 amide bonds. The molecule has 0 bridgehead atoms. The van der Waals surface area contributed by atoms with Crippen LogP contribution in [0.3, 0.4) is 0 Å². The van der Waals surface area contributed by atoms with E-state index < -0.39 is 57.9 Å². The fraction of sp³-hybridized carbons (Fsp3) is 0.520. The lowest BCUT2D eigenvalue weighted by Crippen LogP contribution is -2.62. The Morgan fingerprint density at radius 2 is 0.882 bits per heavy atom. The molecule has 2 aliphatic heterocycles. The Kier molecular flexibility index (Phi) is 17.0. The maximum atomic E-state index is 14.2. The molecular weight excluding hydrogens is 1060 g/mol. The van der Waals surface area contributed by atoms with Crippen LogP contribution < -0.4 is 27.6 Å². The number of methoxy groups -OCH3 is 4. The van der Waals surface area contributed by atoms with E-state index >= 15 is 0 Å². The molecule has 2 atom stereocenters. The fourth-order valence-corrected chi connectivity index (χ4v) is 14.0. The summed E-state index contributed by atoms with van der Waals surface area (Å²) in [5, 5.41) is 37.2. The Labute approximate surface area is 447 Å². The van der Waals surface area contributed by atoms with Gasteiger partial charge in [0.25, 0.3) is 0 Å². The van der Waals surface area contributed by atoms with Gasteiger partial charge in [-0.25, -0.2) is 25.4 Å². The highest BCUT2D eigenvalue weighted by Gasteiger charge is 2.52. The smallest absolute Gasteiger partial charge is 0.246 e. The highest BCUT2D eigenvalue weighted by Crippen LogP contribution is 2.43. The van der Waals surface area contributed by atoms with E-state index in [0.717, 1.165) is 0 Å². The second kappa shape index (κ2) is 22.3. The van der Waals surface area contributed by atoms with Gasteiger partial charge in [-0.3, -0.25) is 9.13 Å².